The number of fused-ring (bicyclic) bond motifs is 1. The largest absolute Gasteiger partial charge is 0.508 e. The Bertz CT molecular complexity index is 1570. The zero-order valence-electron chi connectivity index (χ0n) is 19.8. The molecule has 1 atom stereocenters. The molecule has 35 heavy (non-hydrogen) atoms. The maximum absolute atomic E-state index is 13.9. The van der Waals surface area contributed by atoms with Crippen molar-refractivity contribution in [3.8, 4) is 22.9 Å². The minimum Gasteiger partial charge on any atom is -0.508 e. The van der Waals surface area contributed by atoms with Crippen molar-refractivity contribution >= 4 is 10.8 Å². The highest BCUT2D eigenvalue weighted by Crippen LogP contribution is 2.43. The van der Waals surface area contributed by atoms with Gasteiger partial charge in [-0.2, -0.15) is 0 Å². The average Bonchev–Trinajstić information content (AvgIpc) is 3.19. The monoisotopic (exact) mass is 466 g/mol. The van der Waals surface area contributed by atoms with E-state index in [1.165, 1.54) is 0 Å². The molecule has 0 amide bonds. The second-order valence-corrected chi connectivity index (χ2v) is 8.39. The lowest BCUT2D eigenvalue weighted by Crippen LogP contribution is -2.21. The molecule has 0 aliphatic heterocycles. The Morgan fingerprint density at radius 1 is 0.829 bits per heavy atom. The van der Waals surface area contributed by atoms with Crippen molar-refractivity contribution < 1.29 is 14.6 Å². The maximum atomic E-state index is 13.9. The summed E-state index contributed by atoms with van der Waals surface area (Å²) in [6.45, 7) is 1.88. The van der Waals surface area contributed by atoms with Gasteiger partial charge in [0.25, 0.3) is 5.56 Å². The number of phenols is 1. The van der Waals surface area contributed by atoms with Gasteiger partial charge in [0.2, 0.25) is 0 Å². The van der Waals surface area contributed by atoms with Gasteiger partial charge in [-0.15, -0.1) is 0 Å². The van der Waals surface area contributed by atoms with Gasteiger partial charge in [-0.1, -0.05) is 54.6 Å². The van der Waals surface area contributed by atoms with Crippen molar-refractivity contribution in [2.45, 2.75) is 12.8 Å². The number of aryl methyl sites for hydroxylation is 1. The fourth-order valence-electron chi connectivity index (χ4n) is 4.76. The average molecular weight is 467 g/mol. The molecule has 0 fully saturated rings. The smallest absolute Gasteiger partial charge is 0.275 e. The van der Waals surface area contributed by atoms with Gasteiger partial charge in [0, 0.05) is 17.2 Å². The van der Waals surface area contributed by atoms with Crippen LogP contribution >= 0.6 is 0 Å². The summed E-state index contributed by atoms with van der Waals surface area (Å²) in [5.41, 5.74) is 3.28. The molecule has 0 saturated heterocycles. The topological polar surface area (TPSA) is 76.5 Å². The van der Waals surface area contributed by atoms with E-state index >= 15 is 0 Å². The Hall–Kier alpha value is -4.45. The predicted molar refractivity (Wildman–Crippen MR) is 137 cm³/mol. The summed E-state index contributed by atoms with van der Waals surface area (Å²) in [7, 11) is 3.16. The second kappa shape index (κ2) is 9.06. The highest BCUT2D eigenvalue weighted by atomic mass is 16.5. The van der Waals surface area contributed by atoms with E-state index in [-0.39, 0.29) is 11.3 Å². The van der Waals surface area contributed by atoms with Crippen molar-refractivity contribution in [3.05, 3.63) is 118 Å². The lowest BCUT2D eigenvalue weighted by molar-refractivity contribution is 0.354. The van der Waals surface area contributed by atoms with Gasteiger partial charge in [-0.25, -0.2) is 4.68 Å². The molecule has 0 saturated carbocycles. The van der Waals surface area contributed by atoms with Gasteiger partial charge in [0.05, 0.1) is 25.5 Å². The Labute approximate surface area is 203 Å². The van der Waals surface area contributed by atoms with Crippen LogP contribution < -0.4 is 15.0 Å². The predicted octanol–water partition coefficient (Wildman–Crippen LogP) is 5.53. The molecule has 2 N–H and O–H groups in total. The number of ether oxygens (including phenoxy) is 2. The van der Waals surface area contributed by atoms with Crippen molar-refractivity contribution in [3.63, 3.8) is 0 Å². The highest BCUT2D eigenvalue weighted by Gasteiger charge is 2.29. The number of hydrogen-bond donors (Lipinski definition) is 2. The van der Waals surface area contributed by atoms with Crippen LogP contribution in [0, 0.1) is 6.92 Å². The summed E-state index contributed by atoms with van der Waals surface area (Å²) >= 11 is 0. The normalized spacial score (nSPS) is 12.0. The Kier molecular flexibility index (Phi) is 5.79. The number of rotatable bonds is 6. The Balaban J connectivity index is 1.84. The molecule has 5 rings (SSSR count). The number of H-pyrrole nitrogens is 1. The van der Waals surface area contributed by atoms with Crippen LogP contribution in [0.1, 0.15) is 28.3 Å². The van der Waals surface area contributed by atoms with Crippen LogP contribution in [0.25, 0.3) is 16.5 Å². The Morgan fingerprint density at radius 2 is 1.54 bits per heavy atom. The molecule has 0 bridgehead atoms. The van der Waals surface area contributed by atoms with E-state index in [1.807, 2.05) is 85.8 Å². The van der Waals surface area contributed by atoms with E-state index in [4.69, 9.17) is 9.47 Å². The maximum Gasteiger partial charge on any atom is 0.275 e. The molecule has 6 heteroatoms. The molecule has 1 heterocycles. The third-order valence-corrected chi connectivity index (χ3v) is 6.40. The SMILES string of the molecule is COc1ccc(C(c2c(C)[nH]n(-c3ccccc3)c2=O)c2c(O)ccc3ccccc23)cc1OC. The standard InChI is InChI=1S/C29H26N2O4/c1-18-26(29(33)31(30-18)21-10-5-4-6-11-21)27(20-14-16-24(34-2)25(17-20)35-3)28-22-12-8-7-9-19(22)13-15-23(28)32/h4-17,27,30,32H,1-3H3. The summed E-state index contributed by atoms with van der Waals surface area (Å²) in [6.07, 6.45) is 0. The molecule has 1 aromatic heterocycles. The quantitative estimate of drug-likeness (QED) is 0.345. The third-order valence-electron chi connectivity index (χ3n) is 6.40. The second-order valence-electron chi connectivity index (χ2n) is 8.39. The number of aromatic amines is 1. The van der Waals surface area contributed by atoms with Crippen molar-refractivity contribution in [2.75, 3.05) is 14.2 Å². The van der Waals surface area contributed by atoms with Gasteiger partial charge in [-0.3, -0.25) is 9.89 Å². The summed E-state index contributed by atoms with van der Waals surface area (Å²) in [4.78, 5) is 13.9. The van der Waals surface area contributed by atoms with Crippen LogP contribution in [0.4, 0.5) is 0 Å². The molecule has 6 nitrogen and oxygen atoms in total. The summed E-state index contributed by atoms with van der Waals surface area (Å²) in [5, 5.41) is 16.2. The number of nitrogens with zero attached hydrogens (tertiary/aromatic N) is 1. The zero-order chi connectivity index (χ0) is 24.5. The van der Waals surface area contributed by atoms with E-state index in [0.717, 1.165) is 22.0 Å². The van der Waals surface area contributed by atoms with Crippen molar-refractivity contribution in [1.82, 2.24) is 9.78 Å². The summed E-state index contributed by atoms with van der Waals surface area (Å²) in [5.74, 6) is 0.695. The van der Waals surface area contributed by atoms with Crippen LogP contribution in [0.3, 0.4) is 0 Å². The molecule has 5 aromatic rings. The molecular formula is C29H26N2O4. The number of aromatic nitrogens is 2. The lowest BCUT2D eigenvalue weighted by Gasteiger charge is -2.22. The molecular weight excluding hydrogens is 440 g/mol. The highest BCUT2D eigenvalue weighted by molar-refractivity contribution is 5.89. The van der Waals surface area contributed by atoms with E-state index in [0.29, 0.717) is 28.3 Å². The first-order valence-electron chi connectivity index (χ1n) is 11.3. The Morgan fingerprint density at radius 3 is 2.29 bits per heavy atom. The first-order chi connectivity index (χ1) is 17.0. The zero-order valence-corrected chi connectivity index (χ0v) is 19.8. The van der Waals surface area contributed by atoms with E-state index in [9.17, 15) is 9.90 Å². The van der Waals surface area contributed by atoms with Crippen LogP contribution in [0.5, 0.6) is 17.2 Å². The van der Waals surface area contributed by atoms with E-state index in [1.54, 1.807) is 25.0 Å². The molecule has 1 unspecified atom stereocenters. The first-order valence-corrected chi connectivity index (χ1v) is 11.3. The minimum absolute atomic E-state index is 0.120. The van der Waals surface area contributed by atoms with Gasteiger partial charge in [-0.05, 0) is 53.6 Å². The number of phenolic OH excluding ortho intramolecular Hbond substituents is 1. The van der Waals surface area contributed by atoms with Crippen molar-refractivity contribution in [1.29, 1.82) is 0 Å². The molecule has 0 aliphatic rings. The summed E-state index contributed by atoms with van der Waals surface area (Å²) in [6, 6.07) is 26.5. The molecule has 0 aliphatic carbocycles. The third kappa shape index (κ3) is 3.83. The van der Waals surface area contributed by atoms with E-state index in [2.05, 4.69) is 5.10 Å². The number of benzene rings is 4. The molecule has 176 valence electrons. The molecule has 0 radical (unpaired) electrons. The molecule has 4 aromatic carbocycles. The fourth-order valence-corrected chi connectivity index (χ4v) is 4.76. The number of aromatic hydroxyl groups is 1. The first kappa shape index (κ1) is 22.3. The van der Waals surface area contributed by atoms with Crippen LogP contribution in [-0.2, 0) is 0 Å². The van der Waals surface area contributed by atoms with Gasteiger partial charge >= 0.3 is 0 Å². The van der Waals surface area contributed by atoms with Crippen LogP contribution in [0.15, 0.2) is 89.7 Å². The number of nitrogens with one attached hydrogen (secondary N) is 1. The fraction of sp³-hybridized carbons (Fsp3) is 0.138. The van der Waals surface area contributed by atoms with Gasteiger partial charge in [0.15, 0.2) is 11.5 Å². The van der Waals surface area contributed by atoms with Gasteiger partial charge in [0.1, 0.15) is 5.75 Å². The lowest BCUT2D eigenvalue weighted by atomic mass is 9.82. The number of para-hydroxylation sites is 1. The van der Waals surface area contributed by atoms with Crippen LogP contribution in [0.2, 0.25) is 0 Å². The van der Waals surface area contributed by atoms with Crippen LogP contribution in [-0.4, -0.2) is 29.1 Å². The van der Waals surface area contributed by atoms with Crippen molar-refractivity contribution in [2.24, 2.45) is 0 Å². The number of hydrogen-bond acceptors (Lipinski definition) is 4. The number of methoxy groups -OCH3 is 2. The molecule has 0 spiro atoms. The van der Waals surface area contributed by atoms with E-state index < -0.39 is 5.92 Å². The summed E-state index contributed by atoms with van der Waals surface area (Å²) < 4.78 is 12.6. The minimum atomic E-state index is -0.561. The van der Waals surface area contributed by atoms with Gasteiger partial charge < -0.3 is 14.6 Å².